The number of aromatic nitrogens is 3. The van der Waals surface area contributed by atoms with Gasteiger partial charge < -0.3 is 5.11 Å². The number of fused-ring (bicyclic) bond motifs is 1. The summed E-state index contributed by atoms with van der Waals surface area (Å²) >= 11 is 0. The molecular formula is C14H13N3O. The summed E-state index contributed by atoms with van der Waals surface area (Å²) in [5.74, 6) is 0. The molecule has 3 aromatic rings. The summed E-state index contributed by atoms with van der Waals surface area (Å²) in [5, 5.41) is 15.4. The zero-order chi connectivity index (χ0) is 12.5. The van der Waals surface area contributed by atoms with Crippen LogP contribution in [0.5, 0.6) is 0 Å². The van der Waals surface area contributed by atoms with Gasteiger partial charge in [0.25, 0.3) is 0 Å². The van der Waals surface area contributed by atoms with Gasteiger partial charge in [0, 0.05) is 18.6 Å². The van der Waals surface area contributed by atoms with Gasteiger partial charge in [-0.15, -0.1) is 0 Å². The molecule has 1 atom stereocenters. The third-order valence-electron chi connectivity index (χ3n) is 3.04. The fourth-order valence-electron chi connectivity index (χ4n) is 2.04. The van der Waals surface area contributed by atoms with E-state index in [0.29, 0.717) is 5.69 Å². The van der Waals surface area contributed by atoms with Crippen molar-refractivity contribution in [1.29, 1.82) is 0 Å². The number of hydrogen-bond donors (Lipinski definition) is 1. The maximum Gasteiger partial charge on any atom is 0.137 e. The van der Waals surface area contributed by atoms with Crippen LogP contribution in [0.15, 0.2) is 48.7 Å². The van der Waals surface area contributed by atoms with Crippen molar-refractivity contribution < 1.29 is 5.11 Å². The van der Waals surface area contributed by atoms with Gasteiger partial charge in [-0.1, -0.05) is 24.3 Å². The van der Waals surface area contributed by atoms with Crippen molar-refractivity contribution in [1.82, 2.24) is 14.8 Å². The van der Waals surface area contributed by atoms with Crippen LogP contribution in [0, 0.1) is 0 Å². The Morgan fingerprint density at radius 1 is 1.11 bits per heavy atom. The molecule has 90 valence electrons. The third kappa shape index (κ3) is 1.76. The maximum atomic E-state index is 10.3. The number of aryl methyl sites for hydroxylation is 1. The molecule has 4 heteroatoms. The van der Waals surface area contributed by atoms with Crippen LogP contribution in [0.25, 0.3) is 10.9 Å². The average molecular weight is 239 g/mol. The zero-order valence-corrected chi connectivity index (χ0v) is 9.99. The highest BCUT2D eigenvalue weighted by atomic mass is 16.3. The summed E-state index contributed by atoms with van der Waals surface area (Å²) in [6, 6.07) is 13.5. The molecule has 1 N–H and O–H groups in total. The molecule has 4 nitrogen and oxygen atoms in total. The highest BCUT2D eigenvalue weighted by Crippen LogP contribution is 2.21. The van der Waals surface area contributed by atoms with Gasteiger partial charge in [0.1, 0.15) is 6.10 Å². The van der Waals surface area contributed by atoms with Crippen molar-refractivity contribution >= 4 is 10.9 Å². The number of benzene rings is 1. The lowest BCUT2D eigenvalue weighted by Gasteiger charge is -2.11. The number of pyridine rings is 1. The predicted octanol–water partition coefficient (Wildman–Crippen LogP) is 2.05. The van der Waals surface area contributed by atoms with Crippen molar-refractivity contribution in [3.8, 4) is 0 Å². The molecule has 2 heterocycles. The number of rotatable bonds is 2. The fourth-order valence-corrected chi connectivity index (χ4v) is 2.04. The molecule has 0 spiro atoms. The quantitative estimate of drug-likeness (QED) is 0.744. The van der Waals surface area contributed by atoms with E-state index in [9.17, 15) is 5.11 Å². The number of para-hydroxylation sites is 1. The van der Waals surface area contributed by atoms with E-state index in [1.807, 2.05) is 36.4 Å². The zero-order valence-electron chi connectivity index (χ0n) is 9.99. The van der Waals surface area contributed by atoms with Crippen LogP contribution in [-0.2, 0) is 7.05 Å². The van der Waals surface area contributed by atoms with Gasteiger partial charge in [0.15, 0.2) is 0 Å². The minimum atomic E-state index is -0.748. The van der Waals surface area contributed by atoms with E-state index in [0.717, 1.165) is 16.6 Å². The molecule has 1 aromatic carbocycles. The summed E-state index contributed by atoms with van der Waals surface area (Å²) in [4.78, 5) is 4.48. The predicted molar refractivity (Wildman–Crippen MR) is 69.0 cm³/mol. The maximum absolute atomic E-state index is 10.3. The van der Waals surface area contributed by atoms with Crippen LogP contribution in [-0.4, -0.2) is 19.9 Å². The first-order chi connectivity index (χ1) is 8.75. The summed E-state index contributed by atoms with van der Waals surface area (Å²) in [6.45, 7) is 0. The Hall–Kier alpha value is -2.20. The first-order valence-electron chi connectivity index (χ1n) is 5.77. The second-order valence-electron chi connectivity index (χ2n) is 4.21. The van der Waals surface area contributed by atoms with E-state index in [-0.39, 0.29) is 0 Å². The highest BCUT2D eigenvalue weighted by Gasteiger charge is 2.15. The van der Waals surface area contributed by atoms with E-state index in [4.69, 9.17) is 0 Å². The Morgan fingerprint density at radius 3 is 2.72 bits per heavy atom. The third-order valence-corrected chi connectivity index (χ3v) is 3.04. The molecule has 0 radical (unpaired) electrons. The molecule has 0 saturated carbocycles. The van der Waals surface area contributed by atoms with Gasteiger partial charge >= 0.3 is 0 Å². The summed E-state index contributed by atoms with van der Waals surface area (Å²) in [5.41, 5.74) is 2.26. The van der Waals surface area contributed by atoms with Crippen molar-refractivity contribution in [2.75, 3.05) is 0 Å². The highest BCUT2D eigenvalue weighted by molar-refractivity contribution is 5.78. The Labute approximate surface area is 105 Å². The normalized spacial score (nSPS) is 12.8. The lowest BCUT2D eigenvalue weighted by molar-refractivity contribution is 0.205. The van der Waals surface area contributed by atoms with Gasteiger partial charge in [-0.25, -0.2) is 4.98 Å². The van der Waals surface area contributed by atoms with Crippen LogP contribution < -0.4 is 0 Å². The van der Waals surface area contributed by atoms with Gasteiger partial charge in [0.05, 0.1) is 16.9 Å². The SMILES string of the molecule is Cn1nccc1C(O)c1ccc2ccccc2n1. The van der Waals surface area contributed by atoms with Crippen molar-refractivity contribution in [2.45, 2.75) is 6.10 Å². The Morgan fingerprint density at radius 2 is 1.94 bits per heavy atom. The number of hydrogen-bond acceptors (Lipinski definition) is 3. The van der Waals surface area contributed by atoms with Gasteiger partial charge in [0.2, 0.25) is 0 Å². The smallest absolute Gasteiger partial charge is 0.137 e. The molecule has 0 aliphatic carbocycles. The fraction of sp³-hybridized carbons (Fsp3) is 0.143. The topological polar surface area (TPSA) is 50.9 Å². The molecule has 0 amide bonds. The van der Waals surface area contributed by atoms with E-state index >= 15 is 0 Å². The molecule has 0 aliphatic heterocycles. The van der Waals surface area contributed by atoms with Crippen LogP contribution in [0.3, 0.4) is 0 Å². The van der Waals surface area contributed by atoms with Crippen LogP contribution in [0.2, 0.25) is 0 Å². The van der Waals surface area contributed by atoms with Crippen molar-refractivity contribution in [2.24, 2.45) is 7.05 Å². The monoisotopic (exact) mass is 239 g/mol. The molecule has 0 bridgehead atoms. The lowest BCUT2D eigenvalue weighted by Crippen LogP contribution is -2.08. The average Bonchev–Trinajstić information content (AvgIpc) is 2.83. The van der Waals surface area contributed by atoms with Crippen LogP contribution in [0.4, 0.5) is 0 Å². The summed E-state index contributed by atoms with van der Waals surface area (Å²) in [7, 11) is 1.81. The van der Waals surface area contributed by atoms with E-state index in [1.54, 1.807) is 24.0 Å². The number of nitrogens with zero attached hydrogens (tertiary/aromatic N) is 3. The second-order valence-corrected chi connectivity index (χ2v) is 4.21. The first-order valence-corrected chi connectivity index (χ1v) is 5.77. The summed E-state index contributed by atoms with van der Waals surface area (Å²) in [6.07, 6.45) is 0.918. The number of aliphatic hydroxyl groups excluding tert-OH is 1. The van der Waals surface area contributed by atoms with Gasteiger partial charge in [-0.2, -0.15) is 5.10 Å². The van der Waals surface area contributed by atoms with E-state index in [1.165, 1.54) is 0 Å². The van der Waals surface area contributed by atoms with E-state index < -0.39 is 6.10 Å². The molecule has 0 fully saturated rings. The minimum absolute atomic E-state index is 0.636. The standard InChI is InChI=1S/C14H13N3O/c1-17-13(8-9-15-17)14(18)12-7-6-10-4-2-3-5-11(10)16-12/h2-9,14,18H,1H3. The Kier molecular flexibility index (Phi) is 2.57. The molecular weight excluding hydrogens is 226 g/mol. The molecule has 0 saturated heterocycles. The Balaban J connectivity index is 2.07. The second kappa shape index (κ2) is 4.23. The molecule has 3 rings (SSSR count). The first kappa shape index (κ1) is 10.9. The molecule has 1 unspecified atom stereocenters. The summed E-state index contributed by atoms with van der Waals surface area (Å²) < 4.78 is 1.65. The minimum Gasteiger partial charge on any atom is -0.380 e. The van der Waals surface area contributed by atoms with Gasteiger partial charge in [-0.3, -0.25) is 4.68 Å². The molecule has 18 heavy (non-hydrogen) atoms. The number of aliphatic hydroxyl groups is 1. The van der Waals surface area contributed by atoms with Crippen LogP contribution >= 0.6 is 0 Å². The van der Waals surface area contributed by atoms with Crippen molar-refractivity contribution in [3.05, 3.63) is 60.0 Å². The molecule has 0 aliphatic rings. The largest absolute Gasteiger partial charge is 0.380 e. The Bertz CT molecular complexity index is 690. The van der Waals surface area contributed by atoms with Crippen molar-refractivity contribution in [3.63, 3.8) is 0 Å². The van der Waals surface area contributed by atoms with E-state index in [2.05, 4.69) is 10.1 Å². The lowest BCUT2D eigenvalue weighted by atomic mass is 10.1. The molecule has 2 aromatic heterocycles. The van der Waals surface area contributed by atoms with Gasteiger partial charge in [-0.05, 0) is 18.2 Å². The van der Waals surface area contributed by atoms with Crippen LogP contribution in [0.1, 0.15) is 17.5 Å².